The molecule has 1 atom stereocenters. The lowest BCUT2D eigenvalue weighted by Crippen LogP contribution is -2.61. The summed E-state index contributed by atoms with van der Waals surface area (Å²) in [5.74, 6) is -8.98. The maximum atomic E-state index is 11.1. The van der Waals surface area contributed by atoms with Crippen LogP contribution in [0.15, 0.2) is 0 Å². The molecule has 0 rings (SSSR count). The smallest absolute Gasteiger partial charge is 0.373 e. The normalized spacial score (nSPS) is 12.8. The van der Waals surface area contributed by atoms with Crippen molar-refractivity contribution in [2.45, 2.75) is 18.5 Å². The fourth-order valence-corrected chi connectivity index (χ4v) is 1.18. The molecule has 0 heterocycles. The Morgan fingerprint density at radius 1 is 1.06 bits per heavy atom. The standard InChI is InChI=1S/C8H12N2O7/c9-8(10,2-1-3(11)12)4(6(14)15)5(13)7(16)17/h4H,1-2,9-10H2,(H,11,12)(H,14,15)(H,16,17). The van der Waals surface area contributed by atoms with Crippen LogP contribution in [0.5, 0.6) is 0 Å². The second kappa shape index (κ2) is 5.37. The third-order valence-electron chi connectivity index (χ3n) is 2.03. The van der Waals surface area contributed by atoms with Crippen molar-refractivity contribution in [1.82, 2.24) is 0 Å². The Labute approximate surface area is 95.0 Å². The summed E-state index contributed by atoms with van der Waals surface area (Å²) in [5, 5.41) is 25.5. The maximum Gasteiger partial charge on any atom is 0.373 e. The van der Waals surface area contributed by atoms with Gasteiger partial charge in [0.25, 0.3) is 5.78 Å². The summed E-state index contributed by atoms with van der Waals surface area (Å²) >= 11 is 0. The van der Waals surface area contributed by atoms with Crippen LogP contribution in [0, 0.1) is 5.92 Å². The van der Waals surface area contributed by atoms with Gasteiger partial charge in [0.15, 0.2) is 5.92 Å². The highest BCUT2D eigenvalue weighted by Crippen LogP contribution is 2.17. The first-order chi connectivity index (χ1) is 7.59. The van der Waals surface area contributed by atoms with E-state index in [1.807, 2.05) is 0 Å². The molecule has 0 aromatic rings. The van der Waals surface area contributed by atoms with Gasteiger partial charge in [-0.05, 0) is 6.42 Å². The molecule has 0 radical (unpaired) electrons. The van der Waals surface area contributed by atoms with E-state index in [0.717, 1.165) is 0 Å². The van der Waals surface area contributed by atoms with Gasteiger partial charge in [-0.15, -0.1) is 0 Å². The minimum absolute atomic E-state index is 0.543. The zero-order valence-electron chi connectivity index (χ0n) is 8.62. The van der Waals surface area contributed by atoms with Gasteiger partial charge in [0.1, 0.15) is 0 Å². The first-order valence-corrected chi connectivity index (χ1v) is 4.39. The van der Waals surface area contributed by atoms with Gasteiger partial charge in [-0.2, -0.15) is 0 Å². The number of ketones is 1. The molecule has 0 aromatic carbocycles. The maximum absolute atomic E-state index is 11.1. The molecule has 0 spiro atoms. The summed E-state index contributed by atoms with van der Waals surface area (Å²) in [6.07, 6.45) is -1.12. The molecule has 0 saturated heterocycles. The topological polar surface area (TPSA) is 181 Å². The van der Waals surface area contributed by atoms with Crippen LogP contribution in [0.1, 0.15) is 12.8 Å². The Bertz CT molecular complexity index is 363. The molecule has 0 aliphatic heterocycles. The molecular weight excluding hydrogens is 236 g/mol. The first-order valence-electron chi connectivity index (χ1n) is 4.39. The molecule has 0 aromatic heterocycles. The average Bonchev–Trinajstić information content (AvgIpc) is 2.13. The number of carboxylic acid groups (broad SMARTS) is 3. The monoisotopic (exact) mass is 248 g/mol. The Hall–Kier alpha value is -2.00. The summed E-state index contributed by atoms with van der Waals surface area (Å²) in [5.41, 5.74) is 8.36. The van der Waals surface area contributed by atoms with Crippen LogP contribution < -0.4 is 11.5 Å². The number of aliphatic carboxylic acids is 3. The van der Waals surface area contributed by atoms with Crippen LogP contribution in [0.25, 0.3) is 0 Å². The highest BCUT2D eigenvalue weighted by atomic mass is 16.4. The molecule has 0 aliphatic carbocycles. The highest BCUT2D eigenvalue weighted by molar-refractivity contribution is 6.37. The molecule has 9 nitrogen and oxygen atoms in total. The van der Waals surface area contributed by atoms with E-state index in [-0.39, 0.29) is 0 Å². The Balaban J connectivity index is 5.04. The number of carbonyl (C=O) groups is 4. The summed E-state index contributed by atoms with van der Waals surface area (Å²) in [6, 6.07) is 0. The van der Waals surface area contributed by atoms with Gasteiger partial charge in [0, 0.05) is 6.42 Å². The second-order valence-electron chi connectivity index (χ2n) is 3.45. The lowest BCUT2D eigenvalue weighted by atomic mass is 9.86. The lowest BCUT2D eigenvalue weighted by molar-refractivity contribution is -0.159. The fourth-order valence-electron chi connectivity index (χ4n) is 1.18. The summed E-state index contributed by atoms with van der Waals surface area (Å²) in [4.78, 5) is 42.5. The van der Waals surface area contributed by atoms with E-state index in [0.29, 0.717) is 0 Å². The SMILES string of the molecule is NC(N)(CCC(=O)O)C(C(=O)O)C(=O)C(=O)O. The van der Waals surface area contributed by atoms with Crippen LogP contribution >= 0.6 is 0 Å². The number of carboxylic acids is 3. The van der Waals surface area contributed by atoms with Crippen molar-refractivity contribution >= 4 is 23.7 Å². The predicted molar refractivity (Wildman–Crippen MR) is 51.7 cm³/mol. The Morgan fingerprint density at radius 2 is 1.53 bits per heavy atom. The van der Waals surface area contributed by atoms with Crippen molar-refractivity contribution in [2.24, 2.45) is 17.4 Å². The second-order valence-corrected chi connectivity index (χ2v) is 3.45. The van der Waals surface area contributed by atoms with Gasteiger partial charge in [-0.25, -0.2) is 4.79 Å². The molecule has 0 bridgehead atoms. The molecule has 0 fully saturated rings. The van der Waals surface area contributed by atoms with Crippen LogP contribution in [0.4, 0.5) is 0 Å². The van der Waals surface area contributed by atoms with E-state index < -0.39 is 48.1 Å². The zero-order chi connectivity index (χ0) is 13.8. The first kappa shape index (κ1) is 15.0. The van der Waals surface area contributed by atoms with Crippen molar-refractivity contribution in [3.05, 3.63) is 0 Å². The van der Waals surface area contributed by atoms with Crippen molar-refractivity contribution in [3.8, 4) is 0 Å². The molecular formula is C8H12N2O7. The van der Waals surface area contributed by atoms with Gasteiger partial charge in [-0.3, -0.25) is 14.4 Å². The molecule has 96 valence electrons. The molecule has 0 saturated carbocycles. The van der Waals surface area contributed by atoms with E-state index in [1.54, 1.807) is 0 Å². The van der Waals surface area contributed by atoms with Gasteiger partial charge >= 0.3 is 17.9 Å². The van der Waals surface area contributed by atoms with Gasteiger partial charge in [-0.1, -0.05) is 0 Å². The minimum atomic E-state index is -2.24. The molecule has 0 aliphatic rings. The number of nitrogens with two attached hydrogens (primary N) is 2. The van der Waals surface area contributed by atoms with E-state index >= 15 is 0 Å². The number of rotatable bonds is 7. The van der Waals surface area contributed by atoms with Gasteiger partial charge in [0.05, 0.1) is 5.66 Å². The zero-order valence-corrected chi connectivity index (χ0v) is 8.62. The van der Waals surface area contributed by atoms with Crippen molar-refractivity contribution in [2.75, 3.05) is 0 Å². The van der Waals surface area contributed by atoms with E-state index in [1.165, 1.54) is 0 Å². The van der Waals surface area contributed by atoms with Crippen molar-refractivity contribution < 1.29 is 34.5 Å². The minimum Gasteiger partial charge on any atom is -0.481 e. The number of Topliss-reactive ketones (excluding diaryl/α,β-unsaturated/α-hetero) is 1. The summed E-state index contributed by atoms with van der Waals surface area (Å²) in [7, 11) is 0. The average molecular weight is 248 g/mol. The summed E-state index contributed by atoms with van der Waals surface area (Å²) < 4.78 is 0. The van der Waals surface area contributed by atoms with Crippen LogP contribution in [-0.4, -0.2) is 44.7 Å². The molecule has 0 amide bonds. The van der Waals surface area contributed by atoms with Crippen molar-refractivity contribution in [1.29, 1.82) is 0 Å². The van der Waals surface area contributed by atoms with E-state index in [4.69, 9.17) is 26.8 Å². The van der Waals surface area contributed by atoms with Crippen molar-refractivity contribution in [3.63, 3.8) is 0 Å². The van der Waals surface area contributed by atoms with E-state index in [2.05, 4.69) is 0 Å². The number of hydrogen-bond acceptors (Lipinski definition) is 6. The summed E-state index contributed by atoms with van der Waals surface area (Å²) in [6.45, 7) is 0. The Morgan fingerprint density at radius 3 is 1.82 bits per heavy atom. The van der Waals surface area contributed by atoms with E-state index in [9.17, 15) is 19.2 Å². The predicted octanol–water partition coefficient (Wildman–Crippen LogP) is -2.18. The van der Waals surface area contributed by atoms with Gasteiger partial charge in [0.2, 0.25) is 0 Å². The molecule has 1 unspecified atom stereocenters. The number of carbonyl (C=O) groups excluding carboxylic acids is 1. The Kier molecular flexibility index (Phi) is 4.73. The lowest BCUT2D eigenvalue weighted by Gasteiger charge is -2.28. The number of hydrogen-bond donors (Lipinski definition) is 5. The quantitative estimate of drug-likeness (QED) is 0.190. The molecule has 17 heavy (non-hydrogen) atoms. The third-order valence-corrected chi connectivity index (χ3v) is 2.03. The third kappa shape index (κ3) is 4.17. The molecule has 9 heteroatoms. The van der Waals surface area contributed by atoms with Crippen LogP contribution in [-0.2, 0) is 19.2 Å². The van der Waals surface area contributed by atoms with Gasteiger partial charge < -0.3 is 26.8 Å². The highest BCUT2D eigenvalue weighted by Gasteiger charge is 2.45. The molecule has 7 N–H and O–H groups in total. The fraction of sp³-hybridized carbons (Fsp3) is 0.500. The van der Waals surface area contributed by atoms with Crippen LogP contribution in [0.3, 0.4) is 0 Å². The largest absolute Gasteiger partial charge is 0.481 e. The van der Waals surface area contributed by atoms with Crippen LogP contribution in [0.2, 0.25) is 0 Å².